The Morgan fingerprint density at radius 3 is 2.42 bits per heavy atom. The molecule has 1 aromatic rings. The SMILES string of the molecule is ClCCOc1ccc(CBr)cc1. The molecule has 0 unspecified atom stereocenters. The maximum absolute atomic E-state index is 5.48. The zero-order chi connectivity index (χ0) is 8.81. The van der Waals surface area contributed by atoms with Crippen molar-refractivity contribution in [3.8, 4) is 5.75 Å². The van der Waals surface area contributed by atoms with Gasteiger partial charge >= 0.3 is 0 Å². The zero-order valence-corrected chi connectivity index (χ0v) is 8.94. The predicted octanol–water partition coefficient (Wildman–Crippen LogP) is 3.20. The Morgan fingerprint density at radius 2 is 1.92 bits per heavy atom. The van der Waals surface area contributed by atoms with Gasteiger partial charge < -0.3 is 4.74 Å². The van der Waals surface area contributed by atoms with Crippen LogP contribution in [0.25, 0.3) is 0 Å². The van der Waals surface area contributed by atoms with E-state index >= 15 is 0 Å². The van der Waals surface area contributed by atoms with Crippen LogP contribution in [-0.4, -0.2) is 12.5 Å². The van der Waals surface area contributed by atoms with E-state index < -0.39 is 0 Å². The molecule has 0 saturated heterocycles. The Morgan fingerprint density at radius 1 is 1.25 bits per heavy atom. The third kappa shape index (κ3) is 3.03. The summed E-state index contributed by atoms with van der Waals surface area (Å²) in [5.41, 5.74) is 1.24. The van der Waals surface area contributed by atoms with Crippen LogP contribution >= 0.6 is 27.5 Å². The average Bonchev–Trinajstić information content (AvgIpc) is 2.15. The molecular formula is C9H10BrClO. The van der Waals surface area contributed by atoms with Crippen molar-refractivity contribution in [1.82, 2.24) is 0 Å². The molecule has 3 heteroatoms. The van der Waals surface area contributed by atoms with Crippen LogP contribution in [0.15, 0.2) is 24.3 Å². The highest BCUT2D eigenvalue weighted by molar-refractivity contribution is 9.08. The summed E-state index contributed by atoms with van der Waals surface area (Å²) in [6.07, 6.45) is 0. The number of halogens is 2. The Labute approximate surface area is 85.8 Å². The fourth-order valence-electron chi connectivity index (χ4n) is 0.831. The van der Waals surface area contributed by atoms with Gasteiger partial charge in [0.05, 0.1) is 5.88 Å². The van der Waals surface area contributed by atoms with Gasteiger partial charge in [-0.3, -0.25) is 0 Å². The van der Waals surface area contributed by atoms with Gasteiger partial charge in [-0.1, -0.05) is 28.1 Å². The molecule has 1 aromatic carbocycles. The van der Waals surface area contributed by atoms with Gasteiger partial charge in [-0.25, -0.2) is 0 Å². The Bertz CT molecular complexity index is 222. The fourth-order valence-corrected chi connectivity index (χ4v) is 1.28. The van der Waals surface area contributed by atoms with Crippen molar-refractivity contribution in [1.29, 1.82) is 0 Å². The highest BCUT2D eigenvalue weighted by Crippen LogP contribution is 2.13. The van der Waals surface area contributed by atoms with Crippen molar-refractivity contribution in [3.63, 3.8) is 0 Å². The van der Waals surface area contributed by atoms with E-state index in [1.165, 1.54) is 5.56 Å². The van der Waals surface area contributed by atoms with Crippen LogP contribution in [0.3, 0.4) is 0 Å². The van der Waals surface area contributed by atoms with Crippen molar-refractivity contribution >= 4 is 27.5 Å². The van der Waals surface area contributed by atoms with Crippen LogP contribution in [0.1, 0.15) is 5.56 Å². The number of benzene rings is 1. The highest BCUT2D eigenvalue weighted by atomic mass is 79.9. The van der Waals surface area contributed by atoms with Crippen molar-refractivity contribution < 1.29 is 4.74 Å². The van der Waals surface area contributed by atoms with Crippen molar-refractivity contribution in [2.75, 3.05) is 12.5 Å². The molecule has 0 amide bonds. The van der Waals surface area contributed by atoms with Crippen LogP contribution in [0, 0.1) is 0 Å². The van der Waals surface area contributed by atoms with Crippen molar-refractivity contribution in [3.05, 3.63) is 29.8 Å². The first-order chi connectivity index (χ1) is 5.86. The van der Waals surface area contributed by atoms with E-state index in [0.717, 1.165) is 11.1 Å². The van der Waals surface area contributed by atoms with Gasteiger partial charge in [0.15, 0.2) is 0 Å². The second-order valence-corrected chi connectivity index (χ2v) is 3.25. The number of ether oxygens (including phenoxy) is 1. The summed E-state index contributed by atoms with van der Waals surface area (Å²) in [4.78, 5) is 0. The number of rotatable bonds is 4. The largest absolute Gasteiger partial charge is 0.492 e. The van der Waals surface area contributed by atoms with Gasteiger partial charge in [0.1, 0.15) is 12.4 Å². The molecule has 0 saturated carbocycles. The quantitative estimate of drug-likeness (QED) is 0.745. The van der Waals surface area contributed by atoms with Crippen molar-refractivity contribution in [2.24, 2.45) is 0 Å². The molecule has 0 aliphatic heterocycles. The normalized spacial score (nSPS) is 9.83. The van der Waals surface area contributed by atoms with Gasteiger partial charge in [0, 0.05) is 5.33 Å². The van der Waals surface area contributed by atoms with Crippen LogP contribution < -0.4 is 4.74 Å². The summed E-state index contributed by atoms with van der Waals surface area (Å²) in [5.74, 6) is 1.40. The maximum atomic E-state index is 5.48. The summed E-state index contributed by atoms with van der Waals surface area (Å²) in [5, 5.41) is 0.878. The van der Waals surface area contributed by atoms with E-state index in [1.54, 1.807) is 0 Å². The predicted molar refractivity (Wildman–Crippen MR) is 55.3 cm³/mol. The lowest BCUT2D eigenvalue weighted by Gasteiger charge is -2.03. The van der Waals surface area contributed by atoms with E-state index in [0.29, 0.717) is 12.5 Å². The lowest BCUT2D eigenvalue weighted by Crippen LogP contribution is -1.97. The zero-order valence-electron chi connectivity index (χ0n) is 6.59. The molecule has 0 N–H and O–H groups in total. The summed E-state index contributed by atoms with van der Waals surface area (Å²) in [6.45, 7) is 0.565. The topological polar surface area (TPSA) is 9.23 Å². The van der Waals surface area contributed by atoms with Gasteiger partial charge in [-0.2, -0.15) is 0 Å². The smallest absolute Gasteiger partial charge is 0.119 e. The Hall–Kier alpha value is -0.210. The standard InChI is InChI=1S/C9H10BrClO/c10-7-8-1-3-9(4-2-8)12-6-5-11/h1-4H,5-7H2. The summed E-state index contributed by atoms with van der Waals surface area (Å²) >= 11 is 8.85. The molecule has 0 fully saturated rings. The number of hydrogen-bond acceptors (Lipinski definition) is 1. The van der Waals surface area contributed by atoms with Gasteiger partial charge in [0.2, 0.25) is 0 Å². The Balaban J connectivity index is 2.53. The fraction of sp³-hybridized carbons (Fsp3) is 0.333. The van der Waals surface area contributed by atoms with E-state index in [9.17, 15) is 0 Å². The molecular weight excluding hydrogens is 239 g/mol. The first-order valence-corrected chi connectivity index (χ1v) is 5.36. The Kier molecular flexibility index (Phi) is 4.48. The van der Waals surface area contributed by atoms with E-state index in [-0.39, 0.29) is 0 Å². The first-order valence-electron chi connectivity index (χ1n) is 3.70. The average molecular weight is 250 g/mol. The lowest BCUT2D eigenvalue weighted by molar-refractivity contribution is 0.342. The molecule has 0 radical (unpaired) electrons. The highest BCUT2D eigenvalue weighted by Gasteiger charge is 1.92. The maximum Gasteiger partial charge on any atom is 0.119 e. The minimum atomic E-state index is 0.528. The minimum absolute atomic E-state index is 0.528. The first kappa shape index (κ1) is 9.87. The summed E-state index contributed by atoms with van der Waals surface area (Å²) < 4.78 is 5.31. The third-order valence-corrected chi connectivity index (χ3v) is 2.23. The third-order valence-electron chi connectivity index (χ3n) is 1.42. The monoisotopic (exact) mass is 248 g/mol. The molecule has 0 spiro atoms. The molecule has 0 aromatic heterocycles. The van der Waals surface area contributed by atoms with Crippen LogP contribution in [0.5, 0.6) is 5.75 Å². The summed E-state index contributed by atoms with van der Waals surface area (Å²) in [6, 6.07) is 7.95. The van der Waals surface area contributed by atoms with E-state index in [2.05, 4.69) is 15.9 Å². The molecule has 1 nitrogen and oxygen atoms in total. The molecule has 12 heavy (non-hydrogen) atoms. The molecule has 0 aliphatic rings. The van der Waals surface area contributed by atoms with Crippen LogP contribution in [0.4, 0.5) is 0 Å². The minimum Gasteiger partial charge on any atom is -0.492 e. The van der Waals surface area contributed by atoms with Crippen LogP contribution in [0.2, 0.25) is 0 Å². The second-order valence-electron chi connectivity index (χ2n) is 2.32. The number of hydrogen-bond donors (Lipinski definition) is 0. The lowest BCUT2D eigenvalue weighted by atomic mass is 10.2. The van der Waals surface area contributed by atoms with E-state index in [1.807, 2.05) is 24.3 Å². The summed E-state index contributed by atoms with van der Waals surface area (Å²) in [7, 11) is 0. The molecule has 0 atom stereocenters. The van der Waals surface area contributed by atoms with Crippen LogP contribution in [-0.2, 0) is 5.33 Å². The van der Waals surface area contributed by atoms with Gasteiger partial charge in [-0.15, -0.1) is 11.6 Å². The second kappa shape index (κ2) is 5.44. The molecule has 0 aliphatic carbocycles. The number of alkyl halides is 2. The van der Waals surface area contributed by atoms with E-state index in [4.69, 9.17) is 16.3 Å². The van der Waals surface area contributed by atoms with Gasteiger partial charge in [-0.05, 0) is 17.7 Å². The molecule has 0 heterocycles. The van der Waals surface area contributed by atoms with Crippen molar-refractivity contribution in [2.45, 2.75) is 5.33 Å². The molecule has 1 rings (SSSR count). The molecule has 0 bridgehead atoms. The molecule has 66 valence electrons. The van der Waals surface area contributed by atoms with Gasteiger partial charge in [0.25, 0.3) is 0 Å².